The minimum absolute atomic E-state index is 0.00483. The summed E-state index contributed by atoms with van der Waals surface area (Å²) in [6.07, 6.45) is 2.38. The summed E-state index contributed by atoms with van der Waals surface area (Å²) in [5.41, 5.74) is 0.746. The summed E-state index contributed by atoms with van der Waals surface area (Å²) in [5.74, 6) is 1.86. The lowest BCUT2D eigenvalue weighted by Crippen LogP contribution is -2.48. The van der Waals surface area contributed by atoms with Gasteiger partial charge >= 0.3 is 6.03 Å². The van der Waals surface area contributed by atoms with E-state index in [1.165, 1.54) is 0 Å². The van der Waals surface area contributed by atoms with Crippen molar-refractivity contribution < 1.29 is 19.1 Å². The summed E-state index contributed by atoms with van der Waals surface area (Å²) >= 11 is 0. The number of benzene rings is 1. The average molecular weight is 361 g/mol. The molecule has 0 aromatic heterocycles. The molecule has 2 heterocycles. The summed E-state index contributed by atoms with van der Waals surface area (Å²) in [4.78, 5) is 28.4. The standard InChI is InChI=1S/C19H27N3O4/c1-13-6-8-21(9-7-13)19(24)20-14-10-18(23)22(12-14)15-4-5-16(25-2)17(11-15)26-3/h4-5,11,13-14H,6-10,12H2,1-3H3,(H,20,24). The van der Waals surface area contributed by atoms with Gasteiger partial charge in [-0.3, -0.25) is 4.79 Å². The van der Waals surface area contributed by atoms with Gasteiger partial charge in [0.05, 0.1) is 20.3 Å². The van der Waals surface area contributed by atoms with Crippen LogP contribution in [0.2, 0.25) is 0 Å². The Kier molecular flexibility index (Phi) is 5.54. The molecule has 1 atom stereocenters. The largest absolute Gasteiger partial charge is 0.493 e. The lowest BCUT2D eigenvalue weighted by atomic mass is 10.00. The maximum atomic E-state index is 12.4. The second-order valence-corrected chi connectivity index (χ2v) is 7.06. The number of carbonyl (C=O) groups is 2. The summed E-state index contributed by atoms with van der Waals surface area (Å²) in [6, 6.07) is 5.15. The number of nitrogens with zero attached hydrogens (tertiary/aromatic N) is 2. The van der Waals surface area contributed by atoms with Crippen molar-refractivity contribution >= 4 is 17.6 Å². The maximum Gasteiger partial charge on any atom is 0.317 e. The van der Waals surface area contributed by atoms with E-state index in [1.54, 1.807) is 31.3 Å². The summed E-state index contributed by atoms with van der Waals surface area (Å²) in [6.45, 7) is 4.25. The number of ether oxygens (including phenoxy) is 2. The molecule has 26 heavy (non-hydrogen) atoms. The first-order chi connectivity index (χ1) is 12.5. The zero-order valence-electron chi connectivity index (χ0n) is 15.7. The first-order valence-corrected chi connectivity index (χ1v) is 9.09. The molecule has 2 aliphatic rings. The van der Waals surface area contributed by atoms with Gasteiger partial charge in [-0.05, 0) is 30.9 Å². The maximum absolute atomic E-state index is 12.4. The smallest absolute Gasteiger partial charge is 0.317 e. The molecule has 1 aromatic rings. The van der Waals surface area contributed by atoms with Crippen molar-refractivity contribution in [3.63, 3.8) is 0 Å². The molecule has 1 aromatic carbocycles. The Morgan fingerprint density at radius 3 is 2.50 bits per heavy atom. The molecule has 2 aliphatic heterocycles. The SMILES string of the molecule is COc1ccc(N2CC(NC(=O)N3CCC(C)CC3)CC2=O)cc1OC. The van der Waals surface area contributed by atoms with E-state index in [9.17, 15) is 9.59 Å². The molecule has 0 bridgehead atoms. The minimum Gasteiger partial charge on any atom is -0.493 e. The number of carbonyl (C=O) groups excluding carboxylic acids is 2. The van der Waals surface area contributed by atoms with Crippen LogP contribution in [0.5, 0.6) is 11.5 Å². The van der Waals surface area contributed by atoms with Gasteiger partial charge in [0.1, 0.15) is 0 Å². The zero-order valence-corrected chi connectivity index (χ0v) is 15.7. The molecule has 3 amide bonds. The highest BCUT2D eigenvalue weighted by Crippen LogP contribution is 2.33. The van der Waals surface area contributed by atoms with Crippen LogP contribution >= 0.6 is 0 Å². The topological polar surface area (TPSA) is 71.1 Å². The molecule has 7 nitrogen and oxygen atoms in total. The molecule has 7 heteroatoms. The van der Waals surface area contributed by atoms with E-state index >= 15 is 0 Å². The Bertz CT molecular complexity index is 671. The number of hydrogen-bond acceptors (Lipinski definition) is 4. The van der Waals surface area contributed by atoms with Crippen molar-refractivity contribution in [1.82, 2.24) is 10.2 Å². The van der Waals surface area contributed by atoms with Gasteiger partial charge in [-0.25, -0.2) is 4.79 Å². The van der Waals surface area contributed by atoms with Crippen LogP contribution < -0.4 is 19.7 Å². The molecule has 3 rings (SSSR count). The monoisotopic (exact) mass is 361 g/mol. The Labute approximate surface area is 154 Å². The number of anilines is 1. The lowest BCUT2D eigenvalue weighted by molar-refractivity contribution is -0.117. The van der Waals surface area contributed by atoms with Crippen LogP contribution in [0.1, 0.15) is 26.2 Å². The number of methoxy groups -OCH3 is 2. The van der Waals surface area contributed by atoms with Crippen molar-refractivity contribution in [1.29, 1.82) is 0 Å². The van der Waals surface area contributed by atoms with Crippen molar-refractivity contribution in [2.45, 2.75) is 32.2 Å². The van der Waals surface area contributed by atoms with Crippen molar-refractivity contribution in [3.8, 4) is 11.5 Å². The average Bonchev–Trinajstić information content (AvgIpc) is 3.01. The normalized spacial score (nSPS) is 21.0. The Morgan fingerprint density at radius 2 is 1.85 bits per heavy atom. The molecule has 142 valence electrons. The van der Waals surface area contributed by atoms with E-state index in [-0.39, 0.29) is 18.0 Å². The summed E-state index contributed by atoms with van der Waals surface area (Å²) < 4.78 is 10.5. The second-order valence-electron chi connectivity index (χ2n) is 7.06. The molecular weight excluding hydrogens is 334 g/mol. The summed E-state index contributed by atoms with van der Waals surface area (Å²) in [7, 11) is 3.14. The van der Waals surface area contributed by atoms with Gasteiger partial charge in [0.2, 0.25) is 5.91 Å². The first-order valence-electron chi connectivity index (χ1n) is 9.09. The molecule has 0 spiro atoms. The van der Waals surface area contributed by atoms with Crippen molar-refractivity contribution in [3.05, 3.63) is 18.2 Å². The van der Waals surface area contributed by atoms with Gasteiger partial charge in [0, 0.05) is 37.8 Å². The fourth-order valence-corrected chi connectivity index (χ4v) is 3.52. The van der Waals surface area contributed by atoms with Crippen LogP contribution in [0.4, 0.5) is 10.5 Å². The van der Waals surface area contributed by atoms with E-state index in [0.29, 0.717) is 30.4 Å². The predicted molar refractivity (Wildman–Crippen MR) is 98.8 cm³/mol. The number of urea groups is 1. The third-order valence-corrected chi connectivity index (χ3v) is 5.20. The van der Waals surface area contributed by atoms with Crippen LogP contribution in [-0.2, 0) is 4.79 Å². The molecular formula is C19H27N3O4. The Hall–Kier alpha value is -2.44. The van der Waals surface area contributed by atoms with Crippen LogP contribution in [0.25, 0.3) is 0 Å². The third-order valence-electron chi connectivity index (χ3n) is 5.20. The third kappa shape index (κ3) is 3.86. The number of likely N-dealkylation sites (tertiary alicyclic amines) is 1. The van der Waals surface area contributed by atoms with Gasteiger partial charge in [-0.2, -0.15) is 0 Å². The van der Waals surface area contributed by atoms with Crippen LogP contribution in [0.3, 0.4) is 0 Å². The molecule has 2 saturated heterocycles. The van der Waals surface area contributed by atoms with E-state index in [4.69, 9.17) is 9.47 Å². The quantitative estimate of drug-likeness (QED) is 0.893. The first kappa shape index (κ1) is 18.4. The summed E-state index contributed by atoms with van der Waals surface area (Å²) in [5, 5.41) is 3.01. The fraction of sp³-hybridized carbons (Fsp3) is 0.579. The van der Waals surface area contributed by atoms with Crippen molar-refractivity contribution in [2.75, 3.05) is 38.8 Å². The number of piperidine rings is 1. The van der Waals surface area contributed by atoms with Gasteiger partial charge in [-0.1, -0.05) is 6.92 Å². The van der Waals surface area contributed by atoms with Crippen molar-refractivity contribution in [2.24, 2.45) is 5.92 Å². The highest BCUT2D eigenvalue weighted by molar-refractivity contribution is 5.97. The number of hydrogen-bond donors (Lipinski definition) is 1. The molecule has 0 saturated carbocycles. The fourth-order valence-electron chi connectivity index (χ4n) is 3.52. The van der Waals surface area contributed by atoms with E-state index in [2.05, 4.69) is 12.2 Å². The number of nitrogens with one attached hydrogen (secondary N) is 1. The van der Waals surface area contributed by atoms with Gasteiger partial charge in [0.25, 0.3) is 0 Å². The number of rotatable bonds is 4. The number of amides is 3. The van der Waals surface area contributed by atoms with Crippen LogP contribution in [0, 0.1) is 5.92 Å². The Balaban J connectivity index is 1.62. The predicted octanol–water partition coefficient (Wildman–Crippen LogP) is 2.25. The van der Waals surface area contributed by atoms with E-state index in [1.807, 2.05) is 11.0 Å². The van der Waals surface area contributed by atoms with E-state index < -0.39 is 0 Å². The van der Waals surface area contributed by atoms with Gasteiger partial charge in [-0.15, -0.1) is 0 Å². The van der Waals surface area contributed by atoms with Crippen LogP contribution in [0.15, 0.2) is 18.2 Å². The van der Waals surface area contributed by atoms with Crippen LogP contribution in [-0.4, -0.2) is 56.7 Å². The Morgan fingerprint density at radius 1 is 1.15 bits per heavy atom. The highest BCUT2D eigenvalue weighted by Gasteiger charge is 2.33. The highest BCUT2D eigenvalue weighted by atomic mass is 16.5. The lowest BCUT2D eigenvalue weighted by Gasteiger charge is -2.31. The molecule has 2 fully saturated rings. The van der Waals surface area contributed by atoms with E-state index in [0.717, 1.165) is 31.6 Å². The molecule has 1 unspecified atom stereocenters. The molecule has 0 radical (unpaired) electrons. The van der Waals surface area contributed by atoms with Gasteiger partial charge < -0.3 is 24.6 Å². The second kappa shape index (κ2) is 7.85. The minimum atomic E-state index is -0.178. The van der Waals surface area contributed by atoms with Gasteiger partial charge in [0.15, 0.2) is 11.5 Å². The molecule has 0 aliphatic carbocycles. The zero-order chi connectivity index (χ0) is 18.7. The molecule has 1 N–H and O–H groups in total.